The maximum atomic E-state index is 3.59. The quantitative estimate of drug-likeness (QED) is 0.722. The number of nitrogens with zero attached hydrogens (tertiary/aromatic N) is 1. The van der Waals surface area contributed by atoms with Gasteiger partial charge in [-0.1, -0.05) is 20.8 Å². The zero-order chi connectivity index (χ0) is 11.6. The van der Waals surface area contributed by atoms with Crippen LogP contribution >= 0.6 is 0 Å². The smallest absolute Gasteiger partial charge is 0.0110 e. The molecule has 1 N–H and O–H groups in total. The highest BCUT2D eigenvalue weighted by Gasteiger charge is 2.36. The maximum absolute atomic E-state index is 3.59. The maximum Gasteiger partial charge on any atom is 0.0110 e. The fraction of sp³-hybridized carbons (Fsp3) is 1.00. The molecule has 1 heterocycles. The molecule has 2 atom stereocenters. The van der Waals surface area contributed by atoms with Crippen molar-refractivity contribution < 1.29 is 0 Å². The van der Waals surface area contributed by atoms with Crippen molar-refractivity contribution in [3.63, 3.8) is 0 Å². The molecule has 94 valence electrons. The highest BCUT2D eigenvalue weighted by atomic mass is 15.2. The van der Waals surface area contributed by atoms with Gasteiger partial charge in [-0.2, -0.15) is 0 Å². The molecule has 0 spiro atoms. The number of hydrogen-bond acceptors (Lipinski definition) is 2. The monoisotopic (exact) mass is 224 g/mol. The van der Waals surface area contributed by atoms with Crippen molar-refractivity contribution >= 4 is 0 Å². The third kappa shape index (κ3) is 3.46. The average molecular weight is 224 g/mol. The third-order valence-electron chi connectivity index (χ3n) is 4.15. The summed E-state index contributed by atoms with van der Waals surface area (Å²) in [6, 6.07) is 0.939. The van der Waals surface area contributed by atoms with Crippen molar-refractivity contribution in [3.8, 4) is 0 Å². The van der Waals surface area contributed by atoms with Crippen LogP contribution < -0.4 is 5.32 Å². The van der Waals surface area contributed by atoms with Gasteiger partial charge in [-0.05, 0) is 43.6 Å². The molecular formula is C14H28N2. The van der Waals surface area contributed by atoms with Crippen LogP contribution in [0.3, 0.4) is 0 Å². The van der Waals surface area contributed by atoms with E-state index in [9.17, 15) is 0 Å². The molecule has 2 rings (SSSR count). The van der Waals surface area contributed by atoms with Crippen LogP contribution in [0.5, 0.6) is 0 Å². The number of rotatable bonds is 5. The Morgan fingerprint density at radius 3 is 2.56 bits per heavy atom. The Bertz CT molecular complexity index is 219. The summed E-state index contributed by atoms with van der Waals surface area (Å²) in [5, 5.41) is 3.59. The van der Waals surface area contributed by atoms with Gasteiger partial charge in [0.1, 0.15) is 0 Å². The van der Waals surface area contributed by atoms with Gasteiger partial charge < -0.3 is 5.32 Å². The van der Waals surface area contributed by atoms with Gasteiger partial charge in [0.2, 0.25) is 0 Å². The summed E-state index contributed by atoms with van der Waals surface area (Å²) in [7, 11) is 0. The molecule has 1 saturated carbocycles. The van der Waals surface area contributed by atoms with Crippen molar-refractivity contribution in [1.29, 1.82) is 0 Å². The third-order valence-corrected chi connectivity index (χ3v) is 4.15. The predicted octanol–water partition coefficient (Wildman–Crippen LogP) is 2.50. The SMILES string of the molecule is CC(C)(C)CCNCCN1CC2CCC1C2. The first kappa shape index (κ1) is 12.4. The first-order chi connectivity index (χ1) is 7.54. The van der Waals surface area contributed by atoms with Gasteiger partial charge in [0.25, 0.3) is 0 Å². The van der Waals surface area contributed by atoms with Crippen molar-refractivity contribution in [2.45, 2.75) is 52.5 Å². The van der Waals surface area contributed by atoms with Crippen LogP contribution in [0.15, 0.2) is 0 Å². The lowest BCUT2D eigenvalue weighted by Crippen LogP contribution is -2.38. The number of hydrogen-bond donors (Lipinski definition) is 1. The molecule has 2 heteroatoms. The molecule has 2 aliphatic rings. The fourth-order valence-corrected chi connectivity index (χ4v) is 3.11. The van der Waals surface area contributed by atoms with E-state index in [1.165, 1.54) is 51.9 Å². The van der Waals surface area contributed by atoms with E-state index < -0.39 is 0 Å². The molecule has 0 amide bonds. The second kappa shape index (κ2) is 5.05. The highest BCUT2D eigenvalue weighted by Crippen LogP contribution is 2.36. The molecule has 0 radical (unpaired) electrons. The summed E-state index contributed by atoms with van der Waals surface area (Å²) < 4.78 is 0. The summed E-state index contributed by atoms with van der Waals surface area (Å²) in [4.78, 5) is 2.71. The van der Waals surface area contributed by atoms with Crippen LogP contribution in [0, 0.1) is 11.3 Å². The first-order valence-electron chi connectivity index (χ1n) is 6.99. The van der Waals surface area contributed by atoms with Gasteiger partial charge in [0.05, 0.1) is 0 Å². The summed E-state index contributed by atoms with van der Waals surface area (Å²) in [6.07, 6.45) is 5.73. The Morgan fingerprint density at radius 2 is 2.00 bits per heavy atom. The average Bonchev–Trinajstić information content (AvgIpc) is 2.76. The molecule has 0 aromatic carbocycles. The lowest BCUT2D eigenvalue weighted by molar-refractivity contribution is 0.213. The Labute approximate surface area is 101 Å². The van der Waals surface area contributed by atoms with Crippen LogP contribution in [0.25, 0.3) is 0 Å². The van der Waals surface area contributed by atoms with Gasteiger partial charge in [0.15, 0.2) is 0 Å². The zero-order valence-corrected chi connectivity index (χ0v) is 11.3. The molecule has 2 nitrogen and oxygen atoms in total. The van der Waals surface area contributed by atoms with Crippen LogP contribution in [0.1, 0.15) is 46.5 Å². The summed E-state index contributed by atoms with van der Waals surface area (Å²) in [5.74, 6) is 1.04. The molecular weight excluding hydrogens is 196 g/mol. The predicted molar refractivity (Wildman–Crippen MR) is 69.6 cm³/mol. The molecule has 2 bridgehead atoms. The van der Waals surface area contributed by atoms with Gasteiger partial charge in [-0.15, -0.1) is 0 Å². The molecule has 0 aromatic rings. The van der Waals surface area contributed by atoms with E-state index in [4.69, 9.17) is 0 Å². The van der Waals surface area contributed by atoms with E-state index in [1.54, 1.807) is 0 Å². The Kier molecular flexibility index (Phi) is 3.91. The van der Waals surface area contributed by atoms with Gasteiger partial charge in [-0.3, -0.25) is 4.90 Å². The minimum Gasteiger partial charge on any atom is -0.315 e. The van der Waals surface area contributed by atoms with Crippen molar-refractivity contribution in [2.75, 3.05) is 26.2 Å². The van der Waals surface area contributed by atoms with Crippen LogP contribution in [-0.2, 0) is 0 Å². The van der Waals surface area contributed by atoms with Crippen molar-refractivity contribution in [3.05, 3.63) is 0 Å². The Morgan fingerprint density at radius 1 is 1.19 bits per heavy atom. The molecule has 1 aliphatic carbocycles. The topological polar surface area (TPSA) is 15.3 Å². The molecule has 0 aromatic heterocycles. The Balaban J connectivity index is 1.52. The lowest BCUT2D eigenvalue weighted by Gasteiger charge is -2.27. The van der Waals surface area contributed by atoms with E-state index in [1.807, 2.05) is 0 Å². The lowest BCUT2D eigenvalue weighted by atomic mass is 9.92. The fourth-order valence-electron chi connectivity index (χ4n) is 3.11. The standard InChI is InChI=1S/C14H28N2/c1-14(2,3)6-7-15-8-9-16-11-12-4-5-13(16)10-12/h12-13,15H,4-11H2,1-3H3. The second-order valence-electron chi connectivity index (χ2n) is 6.89. The summed E-state index contributed by atoms with van der Waals surface area (Å²) in [5.41, 5.74) is 0.472. The molecule has 16 heavy (non-hydrogen) atoms. The van der Waals surface area contributed by atoms with Gasteiger partial charge in [-0.25, -0.2) is 0 Å². The molecule has 1 saturated heterocycles. The van der Waals surface area contributed by atoms with Gasteiger partial charge >= 0.3 is 0 Å². The summed E-state index contributed by atoms with van der Waals surface area (Å²) in [6.45, 7) is 11.9. The Hall–Kier alpha value is -0.0800. The zero-order valence-electron chi connectivity index (χ0n) is 11.3. The minimum atomic E-state index is 0.472. The first-order valence-corrected chi connectivity index (χ1v) is 6.99. The van der Waals surface area contributed by atoms with Crippen LogP contribution in [0.2, 0.25) is 0 Å². The molecule has 2 unspecified atom stereocenters. The minimum absolute atomic E-state index is 0.472. The van der Waals surface area contributed by atoms with E-state index in [0.717, 1.165) is 12.0 Å². The van der Waals surface area contributed by atoms with Crippen LogP contribution in [-0.4, -0.2) is 37.1 Å². The summed E-state index contributed by atoms with van der Waals surface area (Å²) >= 11 is 0. The normalized spacial score (nSPS) is 30.2. The molecule has 1 aliphatic heterocycles. The van der Waals surface area contributed by atoms with Crippen molar-refractivity contribution in [2.24, 2.45) is 11.3 Å². The largest absolute Gasteiger partial charge is 0.315 e. The second-order valence-corrected chi connectivity index (χ2v) is 6.89. The van der Waals surface area contributed by atoms with E-state index in [2.05, 4.69) is 31.0 Å². The number of nitrogens with one attached hydrogen (secondary N) is 1. The number of piperidine rings is 1. The highest BCUT2D eigenvalue weighted by molar-refractivity contribution is 4.92. The van der Waals surface area contributed by atoms with E-state index in [0.29, 0.717) is 5.41 Å². The van der Waals surface area contributed by atoms with E-state index >= 15 is 0 Å². The van der Waals surface area contributed by atoms with E-state index in [-0.39, 0.29) is 0 Å². The number of likely N-dealkylation sites (tertiary alicyclic amines) is 1. The molecule has 2 fully saturated rings. The van der Waals surface area contributed by atoms with Gasteiger partial charge in [0, 0.05) is 25.7 Å². The van der Waals surface area contributed by atoms with Crippen LogP contribution in [0.4, 0.5) is 0 Å². The van der Waals surface area contributed by atoms with Crippen molar-refractivity contribution in [1.82, 2.24) is 10.2 Å². The number of fused-ring (bicyclic) bond motifs is 2.